The lowest BCUT2D eigenvalue weighted by molar-refractivity contribution is 0.119. The van der Waals surface area contributed by atoms with Gasteiger partial charge in [0, 0.05) is 25.2 Å². The highest BCUT2D eigenvalue weighted by molar-refractivity contribution is 6.75. The fourth-order valence-corrected chi connectivity index (χ4v) is 13.3. The molecule has 0 spiro atoms. The molecule has 2 rings (SSSR count). The van der Waals surface area contributed by atoms with Crippen LogP contribution < -0.4 is 22.1 Å². The van der Waals surface area contributed by atoms with Crippen molar-refractivity contribution in [2.75, 3.05) is 19.7 Å². The van der Waals surface area contributed by atoms with Crippen molar-refractivity contribution in [1.82, 2.24) is 10.6 Å². The number of hydrogen-bond donors (Lipinski definition) is 6. The van der Waals surface area contributed by atoms with E-state index in [0.717, 1.165) is 19.3 Å². The zero-order valence-corrected chi connectivity index (χ0v) is 26.7. The Morgan fingerprint density at radius 3 is 1.90 bits per heavy atom. The van der Waals surface area contributed by atoms with Gasteiger partial charge in [0.1, 0.15) is 0 Å². The average molecular weight is 589 g/mol. The Hall–Kier alpha value is -1.23. The van der Waals surface area contributed by atoms with Gasteiger partial charge in [-0.25, -0.2) is 0 Å². The van der Waals surface area contributed by atoms with Crippen LogP contribution in [0.1, 0.15) is 104 Å². The third-order valence-corrected chi connectivity index (χ3v) is 14.5. The van der Waals surface area contributed by atoms with E-state index in [1.54, 1.807) is 0 Å². The van der Waals surface area contributed by atoms with E-state index in [-0.39, 0.29) is 30.2 Å². The van der Waals surface area contributed by atoms with Crippen LogP contribution in [0.25, 0.3) is 0 Å². The molecule has 2 saturated heterocycles. The molecule has 228 valence electrons. The topological polar surface area (TPSA) is 170 Å². The fourth-order valence-electron chi connectivity index (χ4n) is 5.24. The molecule has 0 amide bonds. The van der Waals surface area contributed by atoms with Crippen LogP contribution in [-0.4, -0.2) is 67.5 Å². The third-order valence-electron chi connectivity index (χ3n) is 7.35. The molecule has 4 unspecified atom stereocenters. The largest absolute Gasteiger partial charge is 0.494 e. The van der Waals surface area contributed by atoms with Crippen molar-refractivity contribution in [1.29, 1.82) is 10.8 Å². The normalized spacial score (nSPS) is 28.5. The van der Waals surface area contributed by atoms with Crippen LogP contribution in [0, 0.1) is 10.8 Å². The Labute approximate surface area is 238 Å². The molecule has 11 nitrogen and oxygen atoms in total. The van der Waals surface area contributed by atoms with E-state index in [2.05, 4.69) is 24.5 Å². The minimum Gasteiger partial charge on any atom is -0.371 e. The minimum atomic E-state index is -3.09. The van der Waals surface area contributed by atoms with Crippen LogP contribution in [0.3, 0.4) is 0 Å². The molecule has 5 atom stereocenters. The first kappa shape index (κ1) is 34.0. The molecule has 0 saturated carbocycles. The standard InChI is InChI=1S/C26H56N6O5Si2/c1-4-6-7-8-9-10-11-12-13-16-23-21-33-38(35-23,19-14-17-31-25(27)28)37-39(20-15-18-32-26(29)30)34-22(3)24(5-2)36-39/h22-24H,4-21H2,1-3H3,(H4,27,28,31)(H4,29,30,32)/t22?,23-,24?,38?,39?/m1/s1. The van der Waals surface area contributed by atoms with Crippen molar-refractivity contribution in [3.8, 4) is 0 Å². The van der Waals surface area contributed by atoms with Gasteiger partial charge in [0.25, 0.3) is 0 Å². The zero-order chi connectivity index (χ0) is 28.6. The van der Waals surface area contributed by atoms with Crippen molar-refractivity contribution in [3.05, 3.63) is 0 Å². The maximum Gasteiger partial charge on any atom is 0.494 e. The molecule has 2 fully saturated rings. The summed E-state index contributed by atoms with van der Waals surface area (Å²) in [7, 11) is -6.17. The highest BCUT2D eigenvalue weighted by Crippen LogP contribution is 2.38. The summed E-state index contributed by atoms with van der Waals surface area (Å²) in [5.41, 5.74) is 10.9. The molecule has 0 aromatic rings. The summed E-state index contributed by atoms with van der Waals surface area (Å²) in [6, 6.07) is 1.21. The average Bonchev–Trinajstić information content (AvgIpc) is 3.43. The van der Waals surface area contributed by atoms with Crippen molar-refractivity contribution < 1.29 is 21.8 Å². The van der Waals surface area contributed by atoms with Crippen LogP contribution in [0.2, 0.25) is 12.1 Å². The molecule has 2 aliphatic rings. The Morgan fingerprint density at radius 2 is 1.36 bits per heavy atom. The van der Waals surface area contributed by atoms with Crippen LogP contribution in [0.15, 0.2) is 0 Å². The smallest absolute Gasteiger partial charge is 0.371 e. The van der Waals surface area contributed by atoms with Crippen LogP contribution in [0.5, 0.6) is 0 Å². The maximum absolute atomic E-state index is 7.45. The summed E-state index contributed by atoms with van der Waals surface area (Å²) in [5.74, 6) is -0.0978. The van der Waals surface area contributed by atoms with E-state index in [9.17, 15) is 0 Å². The zero-order valence-electron chi connectivity index (χ0n) is 24.7. The lowest BCUT2D eigenvalue weighted by Crippen LogP contribution is -2.55. The second-order valence-electron chi connectivity index (χ2n) is 10.9. The van der Waals surface area contributed by atoms with Crippen LogP contribution in [0.4, 0.5) is 0 Å². The number of guanidine groups is 2. The molecular weight excluding hydrogens is 532 g/mol. The van der Waals surface area contributed by atoms with Gasteiger partial charge in [-0.15, -0.1) is 0 Å². The van der Waals surface area contributed by atoms with E-state index in [1.807, 2.05) is 6.92 Å². The Balaban J connectivity index is 1.96. The number of nitrogens with one attached hydrogen (secondary N) is 4. The van der Waals surface area contributed by atoms with Gasteiger partial charge < -0.3 is 43.9 Å². The molecule has 13 heteroatoms. The van der Waals surface area contributed by atoms with E-state index in [4.69, 9.17) is 44.1 Å². The number of rotatable bonds is 21. The summed E-state index contributed by atoms with van der Waals surface area (Å²) in [6.45, 7) is 8.02. The van der Waals surface area contributed by atoms with Gasteiger partial charge in [-0.1, -0.05) is 71.6 Å². The molecule has 2 heterocycles. The minimum absolute atomic E-state index is 0.0215. The fraction of sp³-hybridized carbons (Fsp3) is 0.923. The first-order valence-corrected chi connectivity index (χ1v) is 19.1. The molecular formula is C26H56N6O5Si2. The summed E-state index contributed by atoms with van der Waals surface area (Å²) in [6.07, 6.45) is 14.8. The van der Waals surface area contributed by atoms with E-state index in [1.165, 1.54) is 51.4 Å². The van der Waals surface area contributed by atoms with Crippen molar-refractivity contribution in [2.45, 2.75) is 135 Å². The van der Waals surface area contributed by atoms with Gasteiger partial charge in [0.05, 0.1) is 24.9 Å². The molecule has 0 aromatic heterocycles. The molecule has 0 bridgehead atoms. The highest BCUT2D eigenvalue weighted by Gasteiger charge is 2.60. The van der Waals surface area contributed by atoms with Gasteiger partial charge in [-0.3, -0.25) is 10.8 Å². The molecule has 2 aliphatic heterocycles. The summed E-state index contributed by atoms with van der Waals surface area (Å²) in [5, 5.41) is 20.6. The van der Waals surface area contributed by atoms with Gasteiger partial charge in [0.15, 0.2) is 11.9 Å². The third kappa shape index (κ3) is 12.9. The monoisotopic (exact) mass is 588 g/mol. The first-order valence-electron chi connectivity index (χ1n) is 15.3. The highest BCUT2D eigenvalue weighted by atomic mass is 28.5. The van der Waals surface area contributed by atoms with E-state index >= 15 is 0 Å². The quantitative estimate of drug-likeness (QED) is 0.0498. The Kier molecular flexibility index (Phi) is 15.9. The molecule has 8 N–H and O–H groups in total. The van der Waals surface area contributed by atoms with Gasteiger partial charge in [-0.2, -0.15) is 0 Å². The molecule has 0 aliphatic carbocycles. The molecule has 0 radical (unpaired) electrons. The Bertz CT molecular complexity index is 726. The summed E-state index contributed by atoms with van der Waals surface area (Å²) < 4.78 is 32.9. The van der Waals surface area contributed by atoms with Crippen molar-refractivity contribution in [3.63, 3.8) is 0 Å². The Morgan fingerprint density at radius 1 is 0.795 bits per heavy atom. The summed E-state index contributed by atoms with van der Waals surface area (Å²) >= 11 is 0. The lowest BCUT2D eigenvalue weighted by Gasteiger charge is -2.33. The van der Waals surface area contributed by atoms with Crippen molar-refractivity contribution >= 4 is 29.5 Å². The van der Waals surface area contributed by atoms with Gasteiger partial charge in [-0.05, 0) is 32.6 Å². The number of unbranched alkanes of at least 4 members (excludes halogenated alkanes) is 8. The number of nitrogens with two attached hydrogens (primary N) is 2. The van der Waals surface area contributed by atoms with Gasteiger partial charge in [0.2, 0.25) is 0 Å². The van der Waals surface area contributed by atoms with E-state index in [0.29, 0.717) is 44.6 Å². The SMILES string of the molecule is CCCCCCCCCCC[C@@H]1CO[Si](CCCNC(=N)N)(O[Si]2(CCCNC(=N)N)OC(C)C(CC)O2)O1. The van der Waals surface area contributed by atoms with Crippen LogP contribution in [-0.2, 0) is 21.8 Å². The number of hydrogen-bond acceptors (Lipinski definition) is 7. The maximum atomic E-state index is 7.45. The molecule has 39 heavy (non-hydrogen) atoms. The predicted octanol–water partition coefficient (Wildman–Crippen LogP) is 4.18. The summed E-state index contributed by atoms with van der Waals surface area (Å²) in [4.78, 5) is 0. The first-order chi connectivity index (χ1) is 18.7. The van der Waals surface area contributed by atoms with Gasteiger partial charge >= 0.3 is 17.6 Å². The van der Waals surface area contributed by atoms with Crippen LogP contribution >= 0.6 is 0 Å². The second kappa shape index (κ2) is 18.3. The lowest BCUT2D eigenvalue weighted by atomic mass is 10.1. The van der Waals surface area contributed by atoms with E-state index < -0.39 is 17.6 Å². The predicted molar refractivity (Wildman–Crippen MR) is 160 cm³/mol. The van der Waals surface area contributed by atoms with Crippen molar-refractivity contribution in [2.24, 2.45) is 11.5 Å². The second-order valence-corrected chi connectivity index (χ2v) is 16.5. The molecule has 0 aromatic carbocycles.